The summed E-state index contributed by atoms with van der Waals surface area (Å²) in [5.74, 6) is 0.725. The van der Waals surface area contributed by atoms with Gasteiger partial charge in [-0.3, -0.25) is 0 Å². The second-order valence-corrected chi connectivity index (χ2v) is 15.3. The summed E-state index contributed by atoms with van der Waals surface area (Å²) in [5.41, 5.74) is 8.09. The van der Waals surface area contributed by atoms with Crippen LogP contribution in [-0.2, 0) is 0 Å². The van der Waals surface area contributed by atoms with Gasteiger partial charge < -0.3 is 9.13 Å². The minimum absolute atomic E-state index is 0.0177. The second-order valence-electron chi connectivity index (χ2n) is 15.3. The lowest BCUT2D eigenvalue weighted by Crippen LogP contribution is -2.02. The number of hydrogen-bond donors (Lipinski definition) is 0. The van der Waals surface area contributed by atoms with Crippen molar-refractivity contribution in [3.05, 3.63) is 212 Å². The molecule has 0 spiro atoms. The molecule has 6 nitrogen and oxygen atoms in total. The molecule has 0 aliphatic carbocycles. The van der Waals surface area contributed by atoms with Gasteiger partial charge in [-0.2, -0.15) is 5.26 Å². The van der Waals surface area contributed by atoms with E-state index in [0.29, 0.717) is 17.2 Å². The van der Waals surface area contributed by atoms with Crippen LogP contribution in [0.15, 0.2) is 206 Å². The molecule has 0 bridgehead atoms. The van der Waals surface area contributed by atoms with E-state index < -0.39 is 0 Å². The molecular formula is C56H34N6. The van der Waals surface area contributed by atoms with Crippen molar-refractivity contribution in [1.82, 2.24) is 24.1 Å². The van der Waals surface area contributed by atoms with Gasteiger partial charge in [0.2, 0.25) is 0 Å². The number of hydrogen-bond acceptors (Lipinski definition) is 4. The Hall–Kier alpha value is -8.66. The summed E-state index contributed by atoms with van der Waals surface area (Å²) in [6, 6.07) is 64.3. The topological polar surface area (TPSA) is 72.3 Å². The Morgan fingerprint density at radius 3 is 1.73 bits per heavy atom. The first kappa shape index (κ1) is 32.2. The Balaban J connectivity index is 1.11. The van der Waals surface area contributed by atoms with Crippen LogP contribution in [0, 0.1) is 11.3 Å². The van der Waals surface area contributed by atoms with Crippen molar-refractivity contribution in [3.8, 4) is 62.7 Å². The molecular weight excluding hydrogens is 757 g/mol. The summed E-state index contributed by atoms with van der Waals surface area (Å²) in [5, 5.41) is 17.2. The van der Waals surface area contributed by atoms with Gasteiger partial charge in [-0.25, -0.2) is 15.0 Å². The van der Waals surface area contributed by atoms with Gasteiger partial charge in [-0.1, -0.05) is 158 Å². The van der Waals surface area contributed by atoms with Crippen molar-refractivity contribution < 1.29 is 4.11 Å². The van der Waals surface area contributed by atoms with Crippen LogP contribution in [0.5, 0.6) is 0 Å². The maximum atomic E-state index is 11.2. The average molecular weight is 794 g/mol. The summed E-state index contributed by atoms with van der Waals surface area (Å²) >= 11 is 0. The molecule has 0 fully saturated rings. The standard InChI is InChI=1S/C56H34N6/c57-35-43-33-42(56-59-54(39-16-5-2-6-17-39)58-55(60-56)40-25-23-38(24-26-40)36-13-3-1-4-14-36)28-31-48(43)62-49-21-11-9-19-45(49)46-30-32-51-52(53(46)62)47-20-10-12-22-50(47)61(51)44-29-27-37-15-7-8-18-41(37)34-44/h1-34H/i28D,31D,33D. The average Bonchev–Trinajstić information content (AvgIpc) is 3.88. The Kier molecular flexibility index (Phi) is 7.41. The predicted molar refractivity (Wildman–Crippen MR) is 252 cm³/mol. The van der Waals surface area contributed by atoms with Gasteiger partial charge in [-0.15, -0.1) is 0 Å². The van der Waals surface area contributed by atoms with Crippen LogP contribution in [-0.4, -0.2) is 24.1 Å². The van der Waals surface area contributed by atoms with Crippen LogP contribution < -0.4 is 0 Å². The molecule has 0 aliphatic heterocycles. The molecule has 3 heterocycles. The largest absolute Gasteiger partial charge is 0.309 e. The fourth-order valence-corrected chi connectivity index (χ4v) is 8.87. The van der Waals surface area contributed by atoms with Crippen molar-refractivity contribution >= 4 is 54.4 Å². The highest BCUT2D eigenvalue weighted by atomic mass is 15.0. The van der Waals surface area contributed by atoms with Gasteiger partial charge in [0.1, 0.15) is 6.07 Å². The highest BCUT2D eigenvalue weighted by Crippen LogP contribution is 2.43. The van der Waals surface area contributed by atoms with Gasteiger partial charge in [0.15, 0.2) is 17.5 Å². The van der Waals surface area contributed by atoms with E-state index in [1.807, 2.05) is 126 Å². The van der Waals surface area contributed by atoms with Crippen molar-refractivity contribution in [2.24, 2.45) is 0 Å². The Labute approximate surface area is 361 Å². The van der Waals surface area contributed by atoms with Gasteiger partial charge in [-0.05, 0) is 70.4 Å². The first-order valence-electron chi connectivity index (χ1n) is 21.9. The maximum Gasteiger partial charge on any atom is 0.164 e. The molecule has 62 heavy (non-hydrogen) atoms. The fourth-order valence-electron chi connectivity index (χ4n) is 8.87. The van der Waals surface area contributed by atoms with Crippen LogP contribution in [0.2, 0.25) is 0 Å². The zero-order valence-electron chi connectivity index (χ0n) is 36.1. The number of para-hydroxylation sites is 2. The Bertz CT molecular complexity index is 3930. The molecule has 0 radical (unpaired) electrons. The van der Waals surface area contributed by atoms with E-state index >= 15 is 0 Å². The SMILES string of the molecule is [2H]c1c([2H])c(-n2c3ccccc3c3ccc4c(c5ccccc5n4-c4ccc5ccccc5c4)c32)c(C#N)c([2H])c1-c1nc(-c2ccccc2)nc(-c2ccc(-c3ccccc3)cc2)n1. The molecule has 6 heteroatoms. The molecule has 0 amide bonds. The molecule has 0 saturated heterocycles. The molecule has 0 aliphatic rings. The molecule has 0 saturated carbocycles. The molecule has 12 rings (SSSR count). The van der Waals surface area contributed by atoms with Crippen molar-refractivity contribution in [2.75, 3.05) is 0 Å². The number of fused-ring (bicyclic) bond motifs is 8. The maximum absolute atomic E-state index is 11.2. The van der Waals surface area contributed by atoms with Gasteiger partial charge in [0, 0.05) is 43.9 Å². The molecule has 0 atom stereocenters. The molecule has 9 aromatic carbocycles. The number of rotatable bonds is 6. The predicted octanol–water partition coefficient (Wildman–Crippen LogP) is 13.8. The number of aromatic nitrogens is 5. The van der Waals surface area contributed by atoms with Crippen LogP contribution in [0.1, 0.15) is 9.68 Å². The molecule has 12 aromatic rings. The summed E-state index contributed by atoms with van der Waals surface area (Å²) in [4.78, 5) is 14.6. The lowest BCUT2D eigenvalue weighted by Gasteiger charge is -2.13. The number of nitriles is 1. The normalized spacial score (nSPS) is 12.2. The summed E-state index contributed by atoms with van der Waals surface area (Å²) < 4.78 is 33.6. The van der Waals surface area contributed by atoms with Crippen LogP contribution >= 0.6 is 0 Å². The van der Waals surface area contributed by atoms with E-state index in [-0.39, 0.29) is 40.8 Å². The lowest BCUT2D eigenvalue weighted by molar-refractivity contribution is 1.07. The van der Waals surface area contributed by atoms with Gasteiger partial charge in [0.25, 0.3) is 0 Å². The minimum atomic E-state index is -0.267. The third-order valence-electron chi connectivity index (χ3n) is 11.7. The zero-order valence-corrected chi connectivity index (χ0v) is 33.1. The van der Waals surface area contributed by atoms with Gasteiger partial charge >= 0.3 is 0 Å². The highest BCUT2D eigenvalue weighted by Gasteiger charge is 2.23. The second kappa shape index (κ2) is 14.3. The van der Waals surface area contributed by atoms with E-state index in [1.165, 1.54) is 0 Å². The monoisotopic (exact) mass is 793 g/mol. The Morgan fingerprint density at radius 2 is 1.00 bits per heavy atom. The van der Waals surface area contributed by atoms with Crippen molar-refractivity contribution in [2.45, 2.75) is 0 Å². The lowest BCUT2D eigenvalue weighted by atomic mass is 10.0. The number of benzene rings is 9. The summed E-state index contributed by atoms with van der Waals surface area (Å²) in [7, 11) is 0. The zero-order chi connectivity index (χ0) is 43.8. The molecule has 0 unspecified atom stereocenters. The van der Waals surface area contributed by atoms with Crippen molar-refractivity contribution in [3.63, 3.8) is 0 Å². The van der Waals surface area contributed by atoms with E-state index in [2.05, 4.69) is 77.4 Å². The molecule has 288 valence electrons. The van der Waals surface area contributed by atoms with E-state index in [0.717, 1.165) is 76.8 Å². The number of nitrogens with zero attached hydrogens (tertiary/aromatic N) is 6. The third kappa shape index (κ3) is 5.68. The smallest absolute Gasteiger partial charge is 0.164 e. The quantitative estimate of drug-likeness (QED) is 0.168. The van der Waals surface area contributed by atoms with E-state index in [4.69, 9.17) is 15.0 Å². The van der Waals surface area contributed by atoms with Crippen LogP contribution in [0.25, 0.3) is 111 Å². The summed E-state index contributed by atoms with van der Waals surface area (Å²) in [6.45, 7) is 0. The van der Waals surface area contributed by atoms with E-state index in [1.54, 1.807) is 0 Å². The van der Waals surface area contributed by atoms with Gasteiger partial charge in [0.05, 0.1) is 37.4 Å². The van der Waals surface area contributed by atoms with E-state index in [9.17, 15) is 9.37 Å². The first-order valence-corrected chi connectivity index (χ1v) is 20.4. The molecule has 3 aromatic heterocycles. The van der Waals surface area contributed by atoms with Crippen molar-refractivity contribution in [1.29, 1.82) is 5.26 Å². The molecule has 0 N–H and O–H groups in total. The third-order valence-corrected chi connectivity index (χ3v) is 11.7. The fraction of sp³-hybridized carbons (Fsp3) is 0. The minimum Gasteiger partial charge on any atom is -0.309 e. The summed E-state index contributed by atoms with van der Waals surface area (Å²) in [6.07, 6.45) is 0. The first-order chi connectivity index (χ1) is 32.0. The van der Waals surface area contributed by atoms with Crippen LogP contribution in [0.3, 0.4) is 0 Å². The van der Waals surface area contributed by atoms with Crippen LogP contribution in [0.4, 0.5) is 0 Å². The highest BCUT2D eigenvalue weighted by molar-refractivity contribution is 6.26. The Morgan fingerprint density at radius 1 is 0.435 bits per heavy atom.